The second kappa shape index (κ2) is 6.73. The van der Waals surface area contributed by atoms with E-state index < -0.39 is 29.2 Å². The number of hydrogen-bond acceptors (Lipinski definition) is 6. The minimum Gasteiger partial charge on any atom is -0.503 e. The van der Waals surface area contributed by atoms with E-state index in [0.29, 0.717) is 6.61 Å². The van der Waals surface area contributed by atoms with Gasteiger partial charge < -0.3 is 24.6 Å². The van der Waals surface area contributed by atoms with Crippen LogP contribution >= 0.6 is 0 Å². The summed E-state index contributed by atoms with van der Waals surface area (Å²) in [6, 6.07) is -0.148. The third-order valence-electron chi connectivity index (χ3n) is 5.69. The van der Waals surface area contributed by atoms with E-state index in [4.69, 9.17) is 4.74 Å². The first-order valence-corrected chi connectivity index (χ1v) is 9.38. The summed E-state index contributed by atoms with van der Waals surface area (Å²) in [5.41, 5.74) is 1.35. The number of pyridine rings is 1. The predicted molar refractivity (Wildman–Crippen MR) is 102 cm³/mol. The molecule has 10 nitrogen and oxygen atoms in total. The first kappa shape index (κ1) is 19.2. The van der Waals surface area contributed by atoms with Gasteiger partial charge in [-0.1, -0.05) is 0 Å². The number of aryl methyl sites for hydroxylation is 2. The fourth-order valence-electron chi connectivity index (χ4n) is 3.97. The van der Waals surface area contributed by atoms with Gasteiger partial charge in [0.15, 0.2) is 17.7 Å². The van der Waals surface area contributed by atoms with E-state index in [2.05, 4.69) is 10.4 Å². The average molecular weight is 401 g/mol. The zero-order valence-electron chi connectivity index (χ0n) is 16.7. The Labute approximate surface area is 166 Å². The van der Waals surface area contributed by atoms with Gasteiger partial charge in [-0.15, -0.1) is 0 Å². The summed E-state index contributed by atoms with van der Waals surface area (Å²) >= 11 is 0. The van der Waals surface area contributed by atoms with Gasteiger partial charge in [0.1, 0.15) is 5.56 Å². The molecule has 2 N–H and O–H groups in total. The monoisotopic (exact) mass is 401 g/mol. The van der Waals surface area contributed by atoms with Gasteiger partial charge >= 0.3 is 0 Å². The molecule has 0 saturated carbocycles. The molecule has 10 heteroatoms. The van der Waals surface area contributed by atoms with Crippen molar-refractivity contribution in [3.8, 4) is 5.75 Å². The van der Waals surface area contributed by atoms with E-state index in [9.17, 15) is 19.5 Å². The number of nitrogens with one attached hydrogen (secondary N) is 1. The van der Waals surface area contributed by atoms with Gasteiger partial charge in [-0.2, -0.15) is 5.10 Å². The Morgan fingerprint density at radius 2 is 2.10 bits per heavy atom. The first-order valence-electron chi connectivity index (χ1n) is 9.38. The quantitative estimate of drug-likeness (QED) is 0.749. The lowest BCUT2D eigenvalue weighted by Crippen LogP contribution is -2.49. The average Bonchev–Trinajstić information content (AvgIpc) is 3.15. The summed E-state index contributed by atoms with van der Waals surface area (Å²) in [4.78, 5) is 39.6. The number of aromatic nitrogens is 3. The maximum absolute atomic E-state index is 12.8. The zero-order valence-corrected chi connectivity index (χ0v) is 16.7. The van der Waals surface area contributed by atoms with Crippen LogP contribution in [0.3, 0.4) is 0 Å². The Bertz CT molecular complexity index is 1090. The van der Waals surface area contributed by atoms with Crippen LogP contribution in [0.5, 0.6) is 5.75 Å². The summed E-state index contributed by atoms with van der Waals surface area (Å²) in [6.07, 6.45) is 0.834. The summed E-state index contributed by atoms with van der Waals surface area (Å²) < 4.78 is 8.76. The number of carbonyl (C=O) groups is 2. The lowest BCUT2D eigenvalue weighted by atomic mass is 10.1. The van der Waals surface area contributed by atoms with Crippen LogP contribution < -0.4 is 10.7 Å². The molecule has 2 aromatic rings. The van der Waals surface area contributed by atoms with Crippen molar-refractivity contribution in [3.63, 3.8) is 0 Å². The molecule has 1 fully saturated rings. The molecule has 154 valence electrons. The molecule has 2 aromatic heterocycles. The molecule has 4 heterocycles. The second-order valence-corrected chi connectivity index (χ2v) is 7.53. The van der Waals surface area contributed by atoms with Crippen LogP contribution in [0.1, 0.15) is 44.7 Å². The smallest absolute Gasteiger partial charge is 0.276 e. The molecule has 0 aromatic carbocycles. The number of rotatable bonds is 3. The Morgan fingerprint density at radius 1 is 1.38 bits per heavy atom. The number of fused-ring (bicyclic) bond motifs is 2. The number of ether oxygens (including phenoxy) is 1. The molecule has 0 aliphatic carbocycles. The van der Waals surface area contributed by atoms with Crippen molar-refractivity contribution < 1.29 is 19.4 Å². The summed E-state index contributed by atoms with van der Waals surface area (Å²) in [5.74, 6) is -1.82. The molecule has 0 radical (unpaired) electrons. The third-order valence-corrected chi connectivity index (χ3v) is 5.69. The molecular formula is C19H23N5O5. The van der Waals surface area contributed by atoms with Gasteiger partial charge in [-0.05, 0) is 20.8 Å². The Balaban J connectivity index is 1.64. The van der Waals surface area contributed by atoms with Crippen LogP contribution in [-0.4, -0.2) is 55.0 Å². The van der Waals surface area contributed by atoms with Crippen molar-refractivity contribution in [2.24, 2.45) is 7.05 Å². The highest BCUT2D eigenvalue weighted by molar-refractivity contribution is 5.99. The van der Waals surface area contributed by atoms with Crippen molar-refractivity contribution in [1.29, 1.82) is 0 Å². The lowest BCUT2D eigenvalue weighted by molar-refractivity contribution is 0.00624. The number of hydrogen-bond donors (Lipinski definition) is 2. The van der Waals surface area contributed by atoms with Gasteiger partial charge in [0.2, 0.25) is 5.43 Å². The van der Waals surface area contributed by atoms with Gasteiger partial charge in [0.05, 0.1) is 24.9 Å². The van der Waals surface area contributed by atoms with Crippen LogP contribution in [0, 0.1) is 13.8 Å². The van der Waals surface area contributed by atoms with Gasteiger partial charge in [0, 0.05) is 31.0 Å². The van der Waals surface area contributed by atoms with Crippen LogP contribution in [-0.2, 0) is 24.9 Å². The molecular weight excluding hydrogens is 378 g/mol. The van der Waals surface area contributed by atoms with Gasteiger partial charge in [-0.3, -0.25) is 19.1 Å². The van der Waals surface area contributed by atoms with E-state index in [1.807, 2.05) is 27.8 Å². The van der Waals surface area contributed by atoms with E-state index in [0.717, 1.165) is 17.0 Å². The van der Waals surface area contributed by atoms with E-state index >= 15 is 0 Å². The molecule has 1 saturated heterocycles. The summed E-state index contributed by atoms with van der Waals surface area (Å²) in [7, 11) is 1.81. The van der Waals surface area contributed by atoms with Gasteiger partial charge in [0.25, 0.3) is 11.8 Å². The fraction of sp³-hybridized carbons (Fsp3) is 0.474. The predicted octanol–water partition coefficient (Wildman–Crippen LogP) is 0.0348. The number of carbonyl (C=O) groups excluding carboxylic acids is 2. The van der Waals surface area contributed by atoms with Gasteiger partial charge in [-0.25, -0.2) is 0 Å². The fourth-order valence-corrected chi connectivity index (χ4v) is 3.97. The van der Waals surface area contributed by atoms with Crippen LogP contribution in [0.4, 0.5) is 0 Å². The maximum Gasteiger partial charge on any atom is 0.276 e. The van der Waals surface area contributed by atoms with Crippen molar-refractivity contribution in [3.05, 3.63) is 44.6 Å². The highest BCUT2D eigenvalue weighted by Crippen LogP contribution is 2.29. The Kier molecular flexibility index (Phi) is 4.45. The van der Waals surface area contributed by atoms with Crippen molar-refractivity contribution in [1.82, 2.24) is 24.6 Å². The summed E-state index contributed by atoms with van der Waals surface area (Å²) in [6.45, 7) is 6.39. The standard InChI is InChI=1S/C19H23N5O5/c1-9-8-29-14-7-23-6-13(16(25)17(26)15(23)19(28)24(9)14)18(27)20-5-12-10(2)21-22(4)11(12)3/h6,9,14,26H,5,7-8H2,1-4H3,(H,20,27)/t9-,14+/m0/s1. The minimum absolute atomic E-state index is 0.112. The third kappa shape index (κ3) is 2.91. The number of aromatic hydroxyl groups is 1. The molecule has 0 bridgehead atoms. The molecule has 2 atom stereocenters. The highest BCUT2D eigenvalue weighted by atomic mass is 16.5. The van der Waals surface area contributed by atoms with Crippen molar-refractivity contribution >= 4 is 11.8 Å². The SMILES string of the molecule is Cc1nn(C)c(C)c1CNC(=O)c1cn2c(c(O)c1=O)C(=O)N1[C@@H](C)CO[C@@H]1C2. The molecule has 2 aliphatic rings. The molecule has 0 spiro atoms. The van der Waals surface area contributed by atoms with Crippen LogP contribution in [0.2, 0.25) is 0 Å². The lowest BCUT2D eigenvalue weighted by Gasteiger charge is -2.33. The molecule has 0 unspecified atom stereocenters. The molecule has 29 heavy (non-hydrogen) atoms. The summed E-state index contributed by atoms with van der Waals surface area (Å²) in [5, 5.41) is 17.4. The minimum atomic E-state index is -0.868. The van der Waals surface area contributed by atoms with Crippen LogP contribution in [0.15, 0.2) is 11.0 Å². The Morgan fingerprint density at radius 3 is 2.76 bits per heavy atom. The Hall–Kier alpha value is -3.14. The maximum atomic E-state index is 12.8. The van der Waals surface area contributed by atoms with E-state index in [-0.39, 0.29) is 30.4 Å². The van der Waals surface area contributed by atoms with Crippen LogP contribution in [0.25, 0.3) is 0 Å². The first-order chi connectivity index (χ1) is 13.7. The normalized spacial score (nSPS) is 20.6. The van der Waals surface area contributed by atoms with E-state index in [1.165, 1.54) is 15.7 Å². The highest BCUT2D eigenvalue weighted by Gasteiger charge is 2.42. The molecule has 4 rings (SSSR count). The molecule has 2 amide bonds. The van der Waals surface area contributed by atoms with E-state index in [1.54, 1.807) is 4.68 Å². The second-order valence-electron chi connectivity index (χ2n) is 7.53. The largest absolute Gasteiger partial charge is 0.503 e. The number of nitrogens with zero attached hydrogens (tertiary/aromatic N) is 4. The topological polar surface area (TPSA) is 119 Å². The zero-order chi connectivity index (χ0) is 21.0. The molecule has 2 aliphatic heterocycles. The number of amides is 2. The van der Waals surface area contributed by atoms with Crippen molar-refractivity contribution in [2.75, 3.05) is 6.61 Å². The van der Waals surface area contributed by atoms with Crippen molar-refractivity contribution in [2.45, 2.75) is 46.1 Å².